The van der Waals surface area contributed by atoms with Gasteiger partial charge in [-0.3, -0.25) is 19.4 Å². The molecule has 186 valence electrons. The quantitative estimate of drug-likeness (QED) is 0.565. The fourth-order valence-electron chi connectivity index (χ4n) is 5.66. The predicted octanol–water partition coefficient (Wildman–Crippen LogP) is 3.57. The van der Waals surface area contributed by atoms with Gasteiger partial charge in [0.25, 0.3) is 0 Å². The topological polar surface area (TPSA) is 88.4 Å². The Morgan fingerprint density at radius 3 is 2.89 bits per heavy atom. The maximum Gasteiger partial charge on any atom is 0.246 e. The average Bonchev–Trinajstić information content (AvgIpc) is 3.46. The molecule has 0 radical (unpaired) electrons. The molecule has 2 saturated heterocycles. The third-order valence-electron chi connectivity index (χ3n) is 7.62. The molecule has 3 aliphatic heterocycles. The summed E-state index contributed by atoms with van der Waals surface area (Å²) in [6.45, 7) is 11.2. The highest BCUT2D eigenvalue weighted by Gasteiger charge is 2.38. The number of anilines is 2. The van der Waals surface area contributed by atoms with Crippen LogP contribution in [0.4, 0.5) is 11.5 Å². The van der Waals surface area contributed by atoms with Crippen molar-refractivity contribution in [2.45, 2.75) is 38.3 Å². The van der Waals surface area contributed by atoms with Gasteiger partial charge in [0.05, 0.1) is 17.6 Å². The Kier molecular flexibility index (Phi) is 5.52. The minimum atomic E-state index is -0.202. The number of likely N-dealkylation sites (tertiary alicyclic amines) is 2. The van der Waals surface area contributed by atoms with E-state index in [0.717, 1.165) is 77.9 Å². The van der Waals surface area contributed by atoms with Crippen LogP contribution in [0.5, 0.6) is 5.75 Å². The zero-order chi connectivity index (χ0) is 25.0. The normalized spacial score (nSPS) is 21.6. The summed E-state index contributed by atoms with van der Waals surface area (Å²) >= 11 is 0. The smallest absolute Gasteiger partial charge is 0.246 e. The number of aryl methyl sites for hydroxylation is 2. The zero-order valence-corrected chi connectivity index (χ0v) is 20.9. The molecule has 0 bridgehead atoms. The van der Waals surface area contributed by atoms with E-state index in [2.05, 4.69) is 39.9 Å². The number of hydrogen-bond acceptors (Lipinski definition) is 7. The van der Waals surface area contributed by atoms with Crippen LogP contribution in [0.2, 0.25) is 0 Å². The minimum absolute atomic E-state index is 0.0264. The lowest BCUT2D eigenvalue weighted by Gasteiger charge is -2.43. The highest BCUT2D eigenvalue weighted by Crippen LogP contribution is 2.44. The van der Waals surface area contributed by atoms with Gasteiger partial charge in [0.15, 0.2) is 5.75 Å². The summed E-state index contributed by atoms with van der Waals surface area (Å²) < 4.78 is 8.27. The maximum atomic E-state index is 11.9. The number of carbonyl (C=O) groups excluding carboxylic acids is 1. The van der Waals surface area contributed by atoms with Crippen molar-refractivity contribution < 1.29 is 9.53 Å². The SMILES string of the molecule is C=CC(=O)N1CC[C@H](N2CC(c3cc4c(c(C)n3)O[C@H](C)c3c(-c5cnn(C)c5)ccnc3N4)C2)C1. The number of pyridine rings is 2. The van der Waals surface area contributed by atoms with E-state index in [9.17, 15) is 4.79 Å². The Labute approximate surface area is 210 Å². The van der Waals surface area contributed by atoms with Crippen LogP contribution in [0, 0.1) is 6.92 Å². The molecule has 3 aromatic heterocycles. The number of rotatable bonds is 4. The van der Waals surface area contributed by atoms with Crippen molar-refractivity contribution >= 4 is 17.4 Å². The van der Waals surface area contributed by atoms with E-state index in [-0.39, 0.29) is 12.0 Å². The first-order chi connectivity index (χ1) is 17.4. The lowest BCUT2D eigenvalue weighted by Crippen LogP contribution is -2.52. The van der Waals surface area contributed by atoms with Gasteiger partial charge >= 0.3 is 0 Å². The van der Waals surface area contributed by atoms with Crippen molar-refractivity contribution in [2.75, 3.05) is 31.5 Å². The lowest BCUT2D eigenvalue weighted by molar-refractivity contribution is -0.125. The number of nitrogens with zero attached hydrogens (tertiary/aromatic N) is 6. The van der Waals surface area contributed by atoms with Crippen LogP contribution in [0.3, 0.4) is 0 Å². The van der Waals surface area contributed by atoms with Crippen molar-refractivity contribution in [3.8, 4) is 16.9 Å². The standard InChI is InChI=1S/C27H31N7O2/c1-5-24(35)33-9-7-20(15-33)34-13-19(14-34)22-10-23-26(16(2)30-22)36-17(3)25-21(6-8-28-27(25)31-23)18-11-29-32(4)12-18/h5-6,8,10-12,17,19-20H,1,7,9,13-15H2,2-4H3,(H,28,31)/t17-,20+/m1/s1. The van der Waals surface area contributed by atoms with Gasteiger partial charge in [-0.2, -0.15) is 5.10 Å². The van der Waals surface area contributed by atoms with Crippen molar-refractivity contribution in [3.05, 3.63) is 60.3 Å². The molecular weight excluding hydrogens is 454 g/mol. The number of fused-ring (bicyclic) bond motifs is 2. The van der Waals surface area contributed by atoms with Crippen LogP contribution < -0.4 is 10.1 Å². The molecular formula is C27H31N7O2. The first-order valence-corrected chi connectivity index (χ1v) is 12.5. The molecule has 9 heteroatoms. The van der Waals surface area contributed by atoms with E-state index >= 15 is 0 Å². The third kappa shape index (κ3) is 3.83. The molecule has 3 aromatic rings. The predicted molar refractivity (Wildman–Crippen MR) is 137 cm³/mol. The van der Waals surface area contributed by atoms with Gasteiger partial charge < -0.3 is 15.0 Å². The summed E-state index contributed by atoms with van der Waals surface area (Å²) in [6.07, 6.45) is 7.91. The van der Waals surface area contributed by atoms with Gasteiger partial charge in [0.2, 0.25) is 5.91 Å². The Bertz CT molecular complexity index is 1340. The molecule has 0 saturated carbocycles. The molecule has 2 atom stereocenters. The molecule has 3 aliphatic rings. The van der Waals surface area contributed by atoms with Crippen LogP contribution in [0.15, 0.2) is 43.4 Å². The maximum absolute atomic E-state index is 11.9. The molecule has 1 amide bonds. The minimum Gasteiger partial charge on any atom is -0.482 e. The summed E-state index contributed by atoms with van der Waals surface area (Å²) in [7, 11) is 1.92. The number of nitrogens with one attached hydrogen (secondary N) is 1. The van der Waals surface area contributed by atoms with Crippen molar-refractivity contribution in [2.24, 2.45) is 7.05 Å². The van der Waals surface area contributed by atoms with E-state index in [4.69, 9.17) is 9.72 Å². The van der Waals surface area contributed by atoms with Gasteiger partial charge in [-0.15, -0.1) is 0 Å². The van der Waals surface area contributed by atoms with Gasteiger partial charge in [-0.25, -0.2) is 4.98 Å². The van der Waals surface area contributed by atoms with Gasteiger partial charge in [0, 0.05) is 74.4 Å². The Morgan fingerprint density at radius 1 is 1.31 bits per heavy atom. The fraction of sp³-hybridized carbons (Fsp3) is 0.407. The van der Waals surface area contributed by atoms with Crippen LogP contribution in [0.1, 0.15) is 42.3 Å². The molecule has 0 unspecified atom stereocenters. The van der Waals surface area contributed by atoms with Crippen molar-refractivity contribution in [3.63, 3.8) is 0 Å². The number of carbonyl (C=O) groups is 1. The Hall–Kier alpha value is -3.72. The van der Waals surface area contributed by atoms with E-state index < -0.39 is 0 Å². The number of hydrogen-bond donors (Lipinski definition) is 1. The van der Waals surface area contributed by atoms with Gasteiger partial charge in [-0.05, 0) is 44.0 Å². The van der Waals surface area contributed by atoms with Crippen LogP contribution in [-0.4, -0.2) is 67.7 Å². The monoisotopic (exact) mass is 485 g/mol. The lowest BCUT2D eigenvalue weighted by atomic mass is 9.92. The molecule has 0 aliphatic carbocycles. The van der Waals surface area contributed by atoms with E-state index in [1.165, 1.54) is 6.08 Å². The van der Waals surface area contributed by atoms with Gasteiger partial charge in [0.1, 0.15) is 11.9 Å². The molecule has 0 spiro atoms. The summed E-state index contributed by atoms with van der Waals surface area (Å²) in [5.41, 5.74) is 5.94. The van der Waals surface area contributed by atoms with Crippen LogP contribution >= 0.6 is 0 Å². The van der Waals surface area contributed by atoms with E-state index in [0.29, 0.717) is 12.0 Å². The first-order valence-electron chi connectivity index (χ1n) is 12.5. The zero-order valence-electron chi connectivity index (χ0n) is 20.9. The molecule has 1 N–H and O–H groups in total. The molecule has 0 aromatic carbocycles. The highest BCUT2D eigenvalue weighted by molar-refractivity contribution is 5.87. The number of aromatic nitrogens is 4. The molecule has 36 heavy (non-hydrogen) atoms. The van der Waals surface area contributed by atoms with Crippen LogP contribution in [0.25, 0.3) is 11.1 Å². The third-order valence-corrected chi connectivity index (χ3v) is 7.62. The van der Waals surface area contributed by atoms with Crippen LogP contribution in [-0.2, 0) is 11.8 Å². The summed E-state index contributed by atoms with van der Waals surface area (Å²) in [6, 6.07) is 4.54. The van der Waals surface area contributed by atoms with Crippen molar-refractivity contribution in [1.29, 1.82) is 0 Å². The molecule has 2 fully saturated rings. The second-order valence-electron chi connectivity index (χ2n) is 10.00. The second kappa shape index (κ2) is 8.74. The van der Waals surface area contributed by atoms with Gasteiger partial charge in [-0.1, -0.05) is 6.58 Å². The van der Waals surface area contributed by atoms with E-state index in [1.807, 2.05) is 43.5 Å². The fourth-order valence-corrected chi connectivity index (χ4v) is 5.66. The van der Waals surface area contributed by atoms with Crippen molar-refractivity contribution in [1.82, 2.24) is 29.5 Å². The Balaban J connectivity index is 1.23. The summed E-state index contributed by atoms with van der Waals surface area (Å²) in [4.78, 5) is 25.9. The molecule has 6 rings (SSSR count). The van der Waals surface area contributed by atoms with E-state index in [1.54, 1.807) is 4.68 Å². The first kappa shape index (κ1) is 22.7. The number of amides is 1. The molecule has 6 heterocycles. The number of ether oxygens (including phenoxy) is 1. The summed E-state index contributed by atoms with van der Waals surface area (Å²) in [5, 5.41) is 7.90. The Morgan fingerprint density at radius 2 is 2.14 bits per heavy atom. The average molecular weight is 486 g/mol. The summed E-state index contributed by atoms with van der Waals surface area (Å²) in [5.74, 6) is 1.95. The second-order valence-corrected chi connectivity index (χ2v) is 10.00. The highest BCUT2D eigenvalue weighted by atomic mass is 16.5. The largest absolute Gasteiger partial charge is 0.482 e. The molecule has 9 nitrogen and oxygen atoms in total.